The number of carbonyl (C=O) groups excluding carboxylic acids is 2. The number of anilines is 1. The molecule has 7 heteroatoms. The van der Waals surface area contributed by atoms with Crippen molar-refractivity contribution >= 4 is 29.9 Å². The van der Waals surface area contributed by atoms with E-state index in [4.69, 9.17) is 5.73 Å². The van der Waals surface area contributed by atoms with Gasteiger partial charge in [-0.05, 0) is 25.5 Å². The Kier molecular flexibility index (Phi) is 8.35. The lowest BCUT2D eigenvalue weighted by Gasteiger charge is -2.38. The minimum absolute atomic E-state index is 0. The Morgan fingerprint density at radius 1 is 1.16 bits per heavy atom. The summed E-state index contributed by atoms with van der Waals surface area (Å²) < 4.78 is 0. The summed E-state index contributed by atoms with van der Waals surface area (Å²) >= 11 is 0. The van der Waals surface area contributed by atoms with Crippen molar-refractivity contribution in [3.05, 3.63) is 30.3 Å². The topological polar surface area (TPSA) is 78.7 Å². The van der Waals surface area contributed by atoms with E-state index in [2.05, 4.69) is 10.2 Å². The molecule has 1 heterocycles. The molecule has 140 valence electrons. The second-order valence-electron chi connectivity index (χ2n) is 6.65. The molecule has 1 aromatic carbocycles. The number of halogens is 1. The van der Waals surface area contributed by atoms with Crippen LogP contribution < -0.4 is 11.1 Å². The van der Waals surface area contributed by atoms with Crippen LogP contribution in [0.3, 0.4) is 0 Å². The lowest BCUT2D eigenvalue weighted by molar-refractivity contribution is -0.138. The lowest BCUT2D eigenvalue weighted by atomic mass is 9.95. The van der Waals surface area contributed by atoms with Crippen molar-refractivity contribution in [2.24, 2.45) is 5.73 Å². The van der Waals surface area contributed by atoms with Gasteiger partial charge in [0.1, 0.15) is 0 Å². The maximum absolute atomic E-state index is 12.5. The summed E-state index contributed by atoms with van der Waals surface area (Å²) in [4.78, 5) is 28.5. The zero-order valence-electron chi connectivity index (χ0n) is 15.0. The molecule has 1 aromatic rings. The normalized spacial score (nSPS) is 17.3. The quantitative estimate of drug-likeness (QED) is 0.801. The van der Waals surface area contributed by atoms with Gasteiger partial charge in [0.25, 0.3) is 0 Å². The number of piperazine rings is 1. The average Bonchev–Trinajstić information content (AvgIpc) is 2.55. The molecule has 1 fully saturated rings. The molecule has 1 unspecified atom stereocenters. The first-order valence-corrected chi connectivity index (χ1v) is 8.58. The van der Waals surface area contributed by atoms with Crippen molar-refractivity contribution < 1.29 is 9.59 Å². The number of nitrogens with one attached hydrogen (secondary N) is 1. The first kappa shape index (κ1) is 21.4. The van der Waals surface area contributed by atoms with Crippen LogP contribution in [0.25, 0.3) is 0 Å². The van der Waals surface area contributed by atoms with Crippen LogP contribution in [0.4, 0.5) is 5.69 Å². The zero-order valence-corrected chi connectivity index (χ0v) is 15.8. The van der Waals surface area contributed by atoms with E-state index >= 15 is 0 Å². The smallest absolute Gasteiger partial charge is 0.242 e. The van der Waals surface area contributed by atoms with Gasteiger partial charge in [-0.1, -0.05) is 31.5 Å². The van der Waals surface area contributed by atoms with E-state index in [1.165, 1.54) is 0 Å². The molecule has 2 amide bonds. The van der Waals surface area contributed by atoms with E-state index in [9.17, 15) is 9.59 Å². The van der Waals surface area contributed by atoms with Crippen molar-refractivity contribution in [2.45, 2.75) is 32.2 Å². The van der Waals surface area contributed by atoms with E-state index < -0.39 is 5.54 Å². The number of hydrogen-bond acceptors (Lipinski definition) is 4. The highest BCUT2D eigenvalue weighted by Crippen LogP contribution is 2.14. The molecular formula is C18H29ClN4O2. The predicted octanol–water partition coefficient (Wildman–Crippen LogP) is 1.71. The summed E-state index contributed by atoms with van der Waals surface area (Å²) in [5.74, 6) is -0.0200. The molecule has 25 heavy (non-hydrogen) atoms. The summed E-state index contributed by atoms with van der Waals surface area (Å²) in [7, 11) is 0. The number of hydrogen-bond donors (Lipinski definition) is 2. The van der Waals surface area contributed by atoms with Gasteiger partial charge in [-0.25, -0.2) is 0 Å². The molecule has 1 aliphatic rings. The number of nitrogens with zero attached hydrogens (tertiary/aromatic N) is 2. The van der Waals surface area contributed by atoms with Gasteiger partial charge in [-0.15, -0.1) is 12.4 Å². The van der Waals surface area contributed by atoms with Crippen molar-refractivity contribution in [3.8, 4) is 0 Å². The average molecular weight is 369 g/mol. The van der Waals surface area contributed by atoms with Crippen LogP contribution in [0.15, 0.2) is 30.3 Å². The summed E-state index contributed by atoms with van der Waals surface area (Å²) in [6.45, 7) is 6.79. The second-order valence-corrected chi connectivity index (χ2v) is 6.65. The van der Waals surface area contributed by atoms with Crippen molar-refractivity contribution in [1.29, 1.82) is 0 Å². The Bertz CT molecular complexity index is 557. The SMILES string of the molecule is CCCC(C)(N)C(=O)N1CCN(CC(=O)Nc2ccccc2)CC1.Cl. The molecule has 1 aliphatic heterocycles. The van der Waals surface area contributed by atoms with E-state index in [0.29, 0.717) is 39.1 Å². The van der Waals surface area contributed by atoms with Gasteiger partial charge in [-0.2, -0.15) is 0 Å². The number of benzene rings is 1. The Hall–Kier alpha value is -1.63. The number of nitrogens with two attached hydrogens (primary N) is 1. The Morgan fingerprint density at radius 3 is 2.32 bits per heavy atom. The van der Waals surface area contributed by atoms with Crippen LogP contribution in [-0.2, 0) is 9.59 Å². The highest BCUT2D eigenvalue weighted by Gasteiger charge is 2.33. The maximum Gasteiger partial charge on any atom is 0.242 e. The van der Waals surface area contributed by atoms with Gasteiger partial charge < -0.3 is 16.0 Å². The van der Waals surface area contributed by atoms with E-state index in [1.54, 1.807) is 6.92 Å². The fraction of sp³-hybridized carbons (Fsp3) is 0.556. The first-order valence-electron chi connectivity index (χ1n) is 8.58. The standard InChI is InChI=1S/C18H28N4O2.ClH/c1-3-9-18(2,19)17(24)22-12-10-21(11-13-22)14-16(23)20-15-7-5-4-6-8-15;/h4-8H,3,9-14,19H2,1-2H3,(H,20,23);1H. The molecule has 3 N–H and O–H groups in total. The van der Waals surface area contributed by atoms with E-state index in [1.807, 2.05) is 42.2 Å². The monoisotopic (exact) mass is 368 g/mol. The molecule has 1 saturated heterocycles. The number of rotatable bonds is 6. The fourth-order valence-corrected chi connectivity index (χ4v) is 3.02. The maximum atomic E-state index is 12.5. The molecule has 2 rings (SSSR count). The Labute approximate surface area is 156 Å². The zero-order chi connectivity index (χ0) is 17.6. The molecule has 6 nitrogen and oxygen atoms in total. The van der Waals surface area contributed by atoms with Crippen LogP contribution in [0.5, 0.6) is 0 Å². The van der Waals surface area contributed by atoms with Crippen molar-refractivity contribution in [3.63, 3.8) is 0 Å². The number of para-hydroxylation sites is 1. The first-order chi connectivity index (χ1) is 11.4. The van der Waals surface area contributed by atoms with E-state index in [0.717, 1.165) is 12.1 Å². The number of carbonyl (C=O) groups is 2. The highest BCUT2D eigenvalue weighted by atomic mass is 35.5. The van der Waals surface area contributed by atoms with Crippen molar-refractivity contribution in [1.82, 2.24) is 9.80 Å². The van der Waals surface area contributed by atoms with Gasteiger partial charge in [0.15, 0.2) is 0 Å². The van der Waals surface area contributed by atoms with E-state index in [-0.39, 0.29) is 24.2 Å². The summed E-state index contributed by atoms with van der Waals surface area (Å²) in [6, 6.07) is 9.42. The largest absolute Gasteiger partial charge is 0.339 e. The molecular weight excluding hydrogens is 340 g/mol. The third-order valence-corrected chi connectivity index (χ3v) is 4.34. The molecule has 0 spiro atoms. The third kappa shape index (κ3) is 6.30. The van der Waals surface area contributed by atoms with Crippen LogP contribution in [0, 0.1) is 0 Å². The molecule has 0 bridgehead atoms. The second kappa shape index (κ2) is 9.75. The van der Waals surface area contributed by atoms with Crippen molar-refractivity contribution in [2.75, 3.05) is 38.0 Å². The van der Waals surface area contributed by atoms with Crippen LogP contribution in [0.2, 0.25) is 0 Å². The van der Waals surface area contributed by atoms with Gasteiger partial charge in [0.05, 0.1) is 12.1 Å². The summed E-state index contributed by atoms with van der Waals surface area (Å²) in [5, 5.41) is 2.88. The van der Waals surface area contributed by atoms with Crippen LogP contribution >= 0.6 is 12.4 Å². The van der Waals surface area contributed by atoms with Crippen LogP contribution in [-0.4, -0.2) is 59.9 Å². The minimum atomic E-state index is -0.790. The Morgan fingerprint density at radius 2 is 1.76 bits per heavy atom. The molecule has 1 atom stereocenters. The summed E-state index contributed by atoms with van der Waals surface area (Å²) in [6.07, 6.45) is 1.57. The number of amides is 2. The van der Waals surface area contributed by atoms with Gasteiger partial charge in [0.2, 0.25) is 11.8 Å². The van der Waals surface area contributed by atoms with Gasteiger partial charge in [-0.3, -0.25) is 14.5 Å². The van der Waals surface area contributed by atoms with Crippen LogP contribution in [0.1, 0.15) is 26.7 Å². The fourth-order valence-electron chi connectivity index (χ4n) is 3.02. The summed E-state index contributed by atoms with van der Waals surface area (Å²) in [5.41, 5.74) is 6.14. The minimum Gasteiger partial charge on any atom is -0.339 e. The molecule has 0 aliphatic carbocycles. The Balaban J connectivity index is 0.00000312. The third-order valence-electron chi connectivity index (χ3n) is 4.34. The molecule has 0 aromatic heterocycles. The lowest BCUT2D eigenvalue weighted by Crippen LogP contribution is -2.58. The van der Waals surface area contributed by atoms with Gasteiger partial charge >= 0.3 is 0 Å². The molecule has 0 saturated carbocycles. The molecule has 0 radical (unpaired) electrons. The highest BCUT2D eigenvalue weighted by molar-refractivity contribution is 5.92. The predicted molar refractivity (Wildman–Crippen MR) is 103 cm³/mol. The van der Waals surface area contributed by atoms with Gasteiger partial charge in [0, 0.05) is 31.9 Å².